The molecular weight excluding hydrogens is 286 g/mol. The summed E-state index contributed by atoms with van der Waals surface area (Å²) in [7, 11) is 0. The zero-order valence-corrected chi connectivity index (χ0v) is 13.4. The second-order valence-corrected chi connectivity index (χ2v) is 6.82. The van der Waals surface area contributed by atoms with Crippen LogP contribution in [0.15, 0.2) is 30.5 Å². The first kappa shape index (κ1) is 14.5. The van der Waals surface area contributed by atoms with E-state index in [1.165, 1.54) is 42.4 Å². The average Bonchev–Trinajstić information content (AvgIpc) is 3.26. The first-order valence-electron chi connectivity index (χ1n) is 8.67. The van der Waals surface area contributed by atoms with Crippen molar-refractivity contribution >= 4 is 5.91 Å². The zero-order chi connectivity index (χ0) is 15.6. The summed E-state index contributed by atoms with van der Waals surface area (Å²) in [5.41, 5.74) is 5.25. The number of carbonyl (C=O) groups excluding carboxylic acids is 1. The van der Waals surface area contributed by atoms with Gasteiger partial charge in [-0.15, -0.1) is 0 Å². The normalized spacial score (nSPS) is 20.5. The molecule has 1 aromatic carbocycles. The van der Waals surface area contributed by atoms with Crippen LogP contribution in [0.1, 0.15) is 47.6 Å². The van der Waals surface area contributed by atoms with E-state index >= 15 is 0 Å². The highest BCUT2D eigenvalue weighted by Crippen LogP contribution is 2.27. The molecule has 0 saturated carbocycles. The Morgan fingerprint density at radius 3 is 2.91 bits per heavy atom. The summed E-state index contributed by atoms with van der Waals surface area (Å²) < 4.78 is 0. The Morgan fingerprint density at radius 1 is 1.22 bits per heavy atom. The van der Waals surface area contributed by atoms with Gasteiger partial charge in [-0.3, -0.25) is 9.89 Å². The molecule has 1 atom stereocenters. The van der Waals surface area contributed by atoms with E-state index in [0.29, 0.717) is 12.3 Å². The SMILES string of the molecule is O=C(Cc1ccc2c(c1)CCCC2)N1CC[C@H](c2ccn[nH]2)C1. The van der Waals surface area contributed by atoms with Gasteiger partial charge in [0.2, 0.25) is 5.91 Å². The molecule has 1 fully saturated rings. The van der Waals surface area contributed by atoms with Crippen LogP contribution in [0, 0.1) is 0 Å². The van der Waals surface area contributed by atoms with Crippen molar-refractivity contribution < 1.29 is 4.79 Å². The molecule has 23 heavy (non-hydrogen) atoms. The van der Waals surface area contributed by atoms with Gasteiger partial charge in [0.1, 0.15) is 0 Å². The molecule has 1 saturated heterocycles. The van der Waals surface area contributed by atoms with Crippen molar-refractivity contribution in [3.8, 4) is 0 Å². The molecule has 120 valence electrons. The summed E-state index contributed by atoms with van der Waals surface area (Å²) >= 11 is 0. The van der Waals surface area contributed by atoms with Gasteiger partial charge in [-0.05, 0) is 54.9 Å². The molecule has 4 rings (SSSR count). The molecule has 2 heterocycles. The highest BCUT2D eigenvalue weighted by molar-refractivity contribution is 5.79. The first-order valence-corrected chi connectivity index (χ1v) is 8.67. The Morgan fingerprint density at radius 2 is 2.09 bits per heavy atom. The summed E-state index contributed by atoms with van der Waals surface area (Å²) in [5.74, 6) is 0.660. The van der Waals surface area contributed by atoms with E-state index in [4.69, 9.17) is 0 Å². The number of aromatic amines is 1. The Hall–Kier alpha value is -2.10. The van der Waals surface area contributed by atoms with Crippen molar-refractivity contribution in [1.82, 2.24) is 15.1 Å². The number of amides is 1. The fourth-order valence-electron chi connectivity index (χ4n) is 3.92. The number of rotatable bonds is 3. The number of aromatic nitrogens is 2. The van der Waals surface area contributed by atoms with E-state index < -0.39 is 0 Å². The summed E-state index contributed by atoms with van der Waals surface area (Å²) in [6, 6.07) is 8.65. The highest BCUT2D eigenvalue weighted by atomic mass is 16.2. The minimum absolute atomic E-state index is 0.253. The van der Waals surface area contributed by atoms with Crippen molar-refractivity contribution in [3.05, 3.63) is 52.8 Å². The van der Waals surface area contributed by atoms with Crippen LogP contribution in [-0.4, -0.2) is 34.1 Å². The van der Waals surface area contributed by atoms with Crippen LogP contribution in [0.4, 0.5) is 0 Å². The monoisotopic (exact) mass is 309 g/mol. The van der Waals surface area contributed by atoms with E-state index in [1.807, 2.05) is 11.0 Å². The lowest BCUT2D eigenvalue weighted by Gasteiger charge is -2.19. The van der Waals surface area contributed by atoms with Crippen LogP contribution < -0.4 is 0 Å². The van der Waals surface area contributed by atoms with Crippen LogP contribution in [-0.2, 0) is 24.1 Å². The lowest BCUT2D eigenvalue weighted by Crippen LogP contribution is -2.30. The molecular formula is C19H23N3O. The molecule has 0 bridgehead atoms. The Balaban J connectivity index is 1.40. The Labute approximate surface area is 136 Å². The van der Waals surface area contributed by atoms with Gasteiger partial charge in [0.15, 0.2) is 0 Å². The third-order valence-corrected chi connectivity index (χ3v) is 5.27. The van der Waals surface area contributed by atoms with Gasteiger partial charge in [0, 0.05) is 30.9 Å². The fourth-order valence-corrected chi connectivity index (χ4v) is 3.92. The maximum atomic E-state index is 12.6. The van der Waals surface area contributed by atoms with Gasteiger partial charge in [-0.1, -0.05) is 18.2 Å². The third kappa shape index (κ3) is 3.03. The summed E-state index contributed by atoms with van der Waals surface area (Å²) in [6.07, 6.45) is 8.29. The van der Waals surface area contributed by atoms with E-state index in [2.05, 4.69) is 28.4 Å². The quantitative estimate of drug-likeness (QED) is 0.948. The number of fused-ring (bicyclic) bond motifs is 1. The summed E-state index contributed by atoms with van der Waals surface area (Å²) in [4.78, 5) is 14.6. The van der Waals surface area contributed by atoms with Crippen molar-refractivity contribution in [2.24, 2.45) is 0 Å². The Kier molecular flexibility index (Phi) is 3.90. The third-order valence-electron chi connectivity index (χ3n) is 5.27. The molecule has 2 aliphatic rings. The average molecular weight is 309 g/mol. The van der Waals surface area contributed by atoms with Crippen LogP contribution >= 0.6 is 0 Å². The first-order chi connectivity index (χ1) is 11.3. The second-order valence-electron chi connectivity index (χ2n) is 6.82. The molecule has 1 aliphatic heterocycles. The predicted molar refractivity (Wildman–Crippen MR) is 89.3 cm³/mol. The molecule has 1 amide bonds. The molecule has 1 aliphatic carbocycles. The molecule has 2 aromatic rings. The van der Waals surface area contributed by atoms with Crippen LogP contribution in [0.3, 0.4) is 0 Å². The lowest BCUT2D eigenvalue weighted by atomic mass is 9.90. The minimum atomic E-state index is 0.253. The predicted octanol–water partition coefficient (Wildman–Crippen LogP) is 2.85. The number of benzene rings is 1. The number of likely N-dealkylation sites (tertiary alicyclic amines) is 1. The number of hydrogen-bond acceptors (Lipinski definition) is 2. The van der Waals surface area contributed by atoms with E-state index in [1.54, 1.807) is 6.20 Å². The molecule has 1 N–H and O–H groups in total. The van der Waals surface area contributed by atoms with Crippen molar-refractivity contribution in [1.29, 1.82) is 0 Å². The summed E-state index contributed by atoms with van der Waals surface area (Å²) in [5, 5.41) is 7.05. The Bertz CT molecular complexity index is 693. The lowest BCUT2D eigenvalue weighted by molar-refractivity contribution is -0.129. The maximum absolute atomic E-state index is 12.6. The smallest absolute Gasteiger partial charge is 0.227 e. The maximum Gasteiger partial charge on any atom is 0.227 e. The van der Waals surface area contributed by atoms with E-state index in [9.17, 15) is 4.79 Å². The molecule has 0 radical (unpaired) electrons. The van der Waals surface area contributed by atoms with Gasteiger partial charge in [-0.2, -0.15) is 5.10 Å². The second kappa shape index (κ2) is 6.19. The molecule has 0 unspecified atom stereocenters. The van der Waals surface area contributed by atoms with Crippen molar-refractivity contribution in [3.63, 3.8) is 0 Å². The standard InChI is InChI=1S/C19H23N3O/c23-19(22-10-8-17(13-22)18-7-9-20-21-18)12-14-5-6-15-3-1-2-4-16(15)11-14/h5-7,9,11,17H,1-4,8,10,12-13H2,(H,20,21)/t17-/m0/s1. The fraction of sp³-hybridized carbons (Fsp3) is 0.474. The van der Waals surface area contributed by atoms with Crippen LogP contribution in [0.5, 0.6) is 0 Å². The number of H-pyrrole nitrogens is 1. The van der Waals surface area contributed by atoms with Crippen LogP contribution in [0.25, 0.3) is 0 Å². The topological polar surface area (TPSA) is 49.0 Å². The zero-order valence-electron chi connectivity index (χ0n) is 13.4. The highest BCUT2D eigenvalue weighted by Gasteiger charge is 2.28. The molecule has 0 spiro atoms. The van der Waals surface area contributed by atoms with Crippen molar-refractivity contribution in [2.45, 2.75) is 44.4 Å². The number of nitrogens with one attached hydrogen (secondary N) is 1. The number of nitrogens with zero attached hydrogens (tertiary/aromatic N) is 2. The molecule has 4 heteroatoms. The van der Waals surface area contributed by atoms with Gasteiger partial charge in [-0.25, -0.2) is 0 Å². The number of hydrogen-bond donors (Lipinski definition) is 1. The largest absolute Gasteiger partial charge is 0.342 e. The number of carbonyl (C=O) groups is 1. The molecule has 4 nitrogen and oxygen atoms in total. The van der Waals surface area contributed by atoms with Gasteiger partial charge < -0.3 is 4.90 Å². The van der Waals surface area contributed by atoms with E-state index in [0.717, 1.165) is 25.2 Å². The minimum Gasteiger partial charge on any atom is -0.342 e. The number of aryl methyl sites for hydroxylation is 2. The van der Waals surface area contributed by atoms with Gasteiger partial charge in [0.25, 0.3) is 0 Å². The van der Waals surface area contributed by atoms with E-state index in [-0.39, 0.29) is 5.91 Å². The summed E-state index contributed by atoms with van der Waals surface area (Å²) in [6.45, 7) is 1.67. The van der Waals surface area contributed by atoms with Gasteiger partial charge in [0.05, 0.1) is 6.42 Å². The van der Waals surface area contributed by atoms with Crippen LogP contribution in [0.2, 0.25) is 0 Å². The van der Waals surface area contributed by atoms with Crippen molar-refractivity contribution in [2.75, 3.05) is 13.1 Å². The van der Waals surface area contributed by atoms with Gasteiger partial charge >= 0.3 is 0 Å². The molecule has 1 aromatic heterocycles.